The van der Waals surface area contributed by atoms with Crippen molar-refractivity contribution in [1.29, 1.82) is 0 Å². The molecule has 5 amide bonds. The van der Waals surface area contributed by atoms with Crippen LogP contribution in [0.3, 0.4) is 0 Å². The highest BCUT2D eigenvalue weighted by Gasteiger charge is 2.50. The minimum Gasteiger partial charge on any atom is -0.497 e. The molecule has 1 aromatic rings. The first kappa shape index (κ1) is 59.6. The van der Waals surface area contributed by atoms with Crippen LogP contribution < -0.4 is 20.7 Å². The SMILES string of the molecule is COc1ccc(C[C@H]2C(=O)O[C@H](C)[C@H](NC(=O)OC(C)(C)C)C(=O)N[C@H](C(C)C)[C@@H](O[Si](C(C)C)(C(C)C)C(C)C)CC(=O)OC(C(C)C)C(=O)N[C@@H](CC(C)C)C(=O)N3CCC[C@H]3C(=O)N2C)cc1. The van der Waals surface area contributed by atoms with E-state index < -0.39 is 110 Å². The van der Waals surface area contributed by atoms with E-state index in [0.717, 1.165) is 0 Å². The predicted molar refractivity (Wildman–Crippen MR) is 270 cm³/mol. The van der Waals surface area contributed by atoms with Crippen LogP contribution in [0.5, 0.6) is 5.75 Å². The van der Waals surface area contributed by atoms with E-state index in [-0.39, 0.29) is 54.3 Å². The van der Waals surface area contributed by atoms with E-state index in [4.69, 9.17) is 23.4 Å². The van der Waals surface area contributed by atoms with Crippen molar-refractivity contribution in [3.63, 3.8) is 0 Å². The highest BCUT2D eigenvalue weighted by atomic mass is 28.4. The molecule has 2 saturated heterocycles. The Balaban J connectivity index is 2.35. The number of ether oxygens (including phenoxy) is 4. The minimum atomic E-state index is -2.83. The molecule has 2 fully saturated rings. The van der Waals surface area contributed by atoms with Crippen molar-refractivity contribution in [3.8, 4) is 5.75 Å². The molecule has 1 unspecified atom stereocenters. The molecule has 17 nitrogen and oxygen atoms in total. The summed E-state index contributed by atoms with van der Waals surface area (Å²) in [4.78, 5) is 104. The molecule has 0 aliphatic carbocycles. The molecule has 0 spiro atoms. The number of benzene rings is 1. The summed E-state index contributed by atoms with van der Waals surface area (Å²) in [7, 11) is 0.174. The second-order valence-corrected chi connectivity index (χ2v) is 27.7. The van der Waals surface area contributed by atoms with E-state index in [1.807, 2.05) is 27.7 Å². The Bertz CT molecular complexity index is 1930. The molecular formula is C52H87N5O12Si. The van der Waals surface area contributed by atoms with Crippen LogP contribution in [0.2, 0.25) is 16.6 Å². The Morgan fingerprint density at radius 1 is 0.829 bits per heavy atom. The van der Waals surface area contributed by atoms with Crippen LogP contribution >= 0.6 is 0 Å². The number of fused-ring (bicyclic) bond motifs is 1. The minimum absolute atomic E-state index is 0.0207. The van der Waals surface area contributed by atoms with Crippen LogP contribution in [0.15, 0.2) is 24.3 Å². The number of methoxy groups -OCH3 is 1. The van der Waals surface area contributed by atoms with Crippen molar-refractivity contribution >= 4 is 50.0 Å². The zero-order valence-electron chi connectivity index (χ0n) is 45.4. The number of carbonyl (C=O) groups excluding carboxylic acids is 7. The lowest BCUT2D eigenvalue weighted by Gasteiger charge is -2.46. The number of likely N-dealkylation sites (N-methyl/N-ethyl adjacent to an activating group) is 1. The van der Waals surface area contributed by atoms with Crippen molar-refractivity contribution in [1.82, 2.24) is 25.8 Å². The number of nitrogens with zero attached hydrogens (tertiary/aromatic N) is 2. The third-order valence-electron chi connectivity index (χ3n) is 13.5. The summed E-state index contributed by atoms with van der Waals surface area (Å²) < 4.78 is 30.5. The number of cyclic esters (lactones) is 2. The highest BCUT2D eigenvalue weighted by Crippen LogP contribution is 2.44. The molecule has 0 saturated carbocycles. The topological polar surface area (TPSA) is 208 Å². The highest BCUT2D eigenvalue weighted by molar-refractivity contribution is 6.77. The quantitative estimate of drug-likeness (QED) is 0.103. The van der Waals surface area contributed by atoms with Gasteiger partial charge < -0.3 is 49.1 Å². The van der Waals surface area contributed by atoms with Crippen LogP contribution in [0.4, 0.5) is 4.79 Å². The van der Waals surface area contributed by atoms with Crippen molar-refractivity contribution in [2.24, 2.45) is 17.8 Å². The number of carbonyl (C=O) groups is 7. The molecule has 0 bridgehead atoms. The smallest absolute Gasteiger partial charge is 0.408 e. The zero-order valence-corrected chi connectivity index (χ0v) is 46.4. The molecule has 3 N–H and O–H groups in total. The molecule has 396 valence electrons. The Kier molecular flexibility index (Phi) is 21.8. The Morgan fingerprint density at radius 3 is 1.91 bits per heavy atom. The van der Waals surface area contributed by atoms with Crippen molar-refractivity contribution in [2.75, 3.05) is 20.7 Å². The summed E-state index contributed by atoms with van der Waals surface area (Å²) in [6.45, 7) is 30.4. The normalized spacial score (nSPS) is 25.5. The van der Waals surface area contributed by atoms with Crippen molar-refractivity contribution in [3.05, 3.63) is 29.8 Å². The van der Waals surface area contributed by atoms with Gasteiger partial charge in [-0.15, -0.1) is 0 Å². The fourth-order valence-electron chi connectivity index (χ4n) is 10.0. The maximum atomic E-state index is 15.0. The first-order chi connectivity index (χ1) is 32.4. The molecule has 3 rings (SSSR count). The second-order valence-electron chi connectivity index (χ2n) is 22.3. The molecule has 2 aliphatic heterocycles. The Labute approximate surface area is 419 Å². The number of nitrogens with one attached hydrogen (secondary N) is 3. The third-order valence-corrected chi connectivity index (χ3v) is 19.6. The van der Waals surface area contributed by atoms with E-state index in [0.29, 0.717) is 24.2 Å². The van der Waals surface area contributed by atoms with Crippen molar-refractivity contribution in [2.45, 2.75) is 214 Å². The second kappa shape index (κ2) is 25.6. The number of alkyl carbamates (subject to hydrolysis) is 1. The molecule has 18 heteroatoms. The summed E-state index contributed by atoms with van der Waals surface area (Å²) in [6, 6.07) is 1.21. The van der Waals surface area contributed by atoms with E-state index in [9.17, 15) is 33.6 Å². The monoisotopic (exact) mass is 1000 g/mol. The lowest BCUT2D eigenvalue weighted by molar-refractivity contribution is -0.161. The molecular weight excluding hydrogens is 915 g/mol. The first-order valence-electron chi connectivity index (χ1n) is 25.3. The van der Waals surface area contributed by atoms with Crippen LogP contribution in [0, 0.1) is 17.8 Å². The first-order valence-corrected chi connectivity index (χ1v) is 27.5. The third kappa shape index (κ3) is 15.6. The molecule has 8 atom stereocenters. The van der Waals surface area contributed by atoms with Gasteiger partial charge in [0, 0.05) is 20.0 Å². The zero-order chi connectivity index (χ0) is 53.2. The van der Waals surface area contributed by atoms with Gasteiger partial charge >= 0.3 is 18.0 Å². The summed E-state index contributed by atoms with van der Waals surface area (Å²) in [5.74, 6) is -4.43. The average Bonchev–Trinajstić information content (AvgIpc) is 3.74. The van der Waals surface area contributed by atoms with Crippen LogP contribution in [-0.2, 0) is 53.8 Å². The van der Waals surface area contributed by atoms with Gasteiger partial charge in [0.15, 0.2) is 6.10 Å². The number of hydrogen-bond acceptors (Lipinski definition) is 12. The molecule has 0 aromatic heterocycles. The fraction of sp³-hybridized carbons (Fsp3) is 0.750. The maximum absolute atomic E-state index is 15.0. The number of amides is 5. The molecule has 2 aliphatic rings. The van der Waals surface area contributed by atoms with Crippen LogP contribution in [0.1, 0.15) is 142 Å². The van der Waals surface area contributed by atoms with E-state index >= 15 is 0 Å². The predicted octanol–water partition coefficient (Wildman–Crippen LogP) is 7.08. The summed E-state index contributed by atoms with van der Waals surface area (Å²) in [5.41, 5.74) is -0.115. The molecule has 1 aromatic carbocycles. The summed E-state index contributed by atoms with van der Waals surface area (Å²) >= 11 is 0. The van der Waals surface area contributed by atoms with E-state index in [1.54, 1.807) is 58.9 Å². The summed E-state index contributed by atoms with van der Waals surface area (Å²) in [6.07, 6.45) is -3.98. The van der Waals surface area contributed by atoms with Gasteiger partial charge in [0.1, 0.15) is 41.6 Å². The van der Waals surface area contributed by atoms with E-state index in [2.05, 4.69) is 57.5 Å². The number of rotatable bonds is 13. The van der Waals surface area contributed by atoms with Gasteiger partial charge in [-0.2, -0.15) is 0 Å². The average molecular weight is 1000 g/mol. The van der Waals surface area contributed by atoms with Gasteiger partial charge in [-0.05, 0) is 99.0 Å². The molecule has 0 radical (unpaired) electrons. The fourth-order valence-corrected chi connectivity index (χ4v) is 15.6. The van der Waals surface area contributed by atoms with Crippen LogP contribution in [0.25, 0.3) is 0 Å². The number of esters is 2. The van der Waals surface area contributed by atoms with Crippen molar-refractivity contribution < 1.29 is 56.9 Å². The van der Waals surface area contributed by atoms with Crippen LogP contribution in [-0.4, -0.2) is 135 Å². The Hall–Kier alpha value is -4.71. The van der Waals surface area contributed by atoms with Gasteiger partial charge in [-0.3, -0.25) is 24.0 Å². The van der Waals surface area contributed by atoms with Gasteiger partial charge in [0.25, 0.3) is 5.91 Å². The van der Waals surface area contributed by atoms with Gasteiger partial charge in [-0.25, -0.2) is 9.59 Å². The lowest BCUT2D eigenvalue weighted by Crippen LogP contribution is -2.61. The van der Waals surface area contributed by atoms with Gasteiger partial charge in [0.2, 0.25) is 26.0 Å². The van der Waals surface area contributed by atoms with Gasteiger partial charge in [-0.1, -0.05) is 95.2 Å². The number of hydrogen-bond donors (Lipinski definition) is 3. The largest absolute Gasteiger partial charge is 0.497 e. The molecule has 2 heterocycles. The standard InChI is InChI=1S/C52H87N5O12Si/c1-29(2)26-38-48(61)57-25-19-20-39(57)49(62)56(17)40(27-36-21-23-37(65-18)24-22-36)50(63)66-35(13)44(55-51(64)68-52(14,15)16)46(59)54-43(30(3)4)41(69-70(32(7)8,33(9)10)34(11)12)28-42(58)67-45(31(5)6)47(60)53-38/h21-24,29-35,38-41,43-45H,19-20,25-28H2,1-18H3,(H,53,60)(H,54,59)(H,55,64)/t35-,38+,39+,40+,41+,43-,44+,45?/m1/s1. The maximum Gasteiger partial charge on any atom is 0.408 e. The Morgan fingerprint density at radius 2 is 1.41 bits per heavy atom. The molecule has 70 heavy (non-hydrogen) atoms. The van der Waals surface area contributed by atoms with E-state index in [1.165, 1.54) is 30.9 Å². The summed E-state index contributed by atoms with van der Waals surface area (Å²) in [5, 5.41) is 8.63. The lowest BCUT2D eigenvalue weighted by atomic mass is 9.95. The van der Waals surface area contributed by atoms with Gasteiger partial charge in [0.05, 0.1) is 25.7 Å².